The van der Waals surface area contributed by atoms with E-state index < -0.39 is 5.82 Å². The Morgan fingerprint density at radius 1 is 1.24 bits per heavy atom. The van der Waals surface area contributed by atoms with Crippen molar-refractivity contribution in [2.75, 3.05) is 19.2 Å². The van der Waals surface area contributed by atoms with Crippen molar-refractivity contribution in [2.24, 2.45) is 0 Å². The molecule has 1 aliphatic heterocycles. The van der Waals surface area contributed by atoms with E-state index in [-0.39, 0.29) is 18.3 Å². The van der Waals surface area contributed by atoms with Gasteiger partial charge in [0.05, 0.1) is 7.11 Å². The lowest BCUT2D eigenvalue weighted by molar-refractivity contribution is 0.174. The zero-order chi connectivity index (χ0) is 14.8. The number of phenolic OH excluding ortho intramolecular Hbond substituents is 1. The number of methoxy groups -OCH3 is 1. The molecule has 0 fully saturated rings. The molecule has 0 atom stereocenters. The summed E-state index contributed by atoms with van der Waals surface area (Å²) >= 11 is 0. The molecule has 21 heavy (non-hydrogen) atoms. The molecule has 1 heterocycles. The highest BCUT2D eigenvalue weighted by molar-refractivity contribution is 5.53. The predicted molar refractivity (Wildman–Crippen MR) is 74.5 cm³/mol. The molecule has 2 aromatic carbocycles. The van der Waals surface area contributed by atoms with Crippen molar-refractivity contribution in [1.29, 1.82) is 0 Å². The molecular weight excluding hydrogens is 277 g/mol. The van der Waals surface area contributed by atoms with Crippen molar-refractivity contribution in [1.82, 2.24) is 0 Å². The highest BCUT2D eigenvalue weighted by Gasteiger charge is 2.16. The van der Waals surface area contributed by atoms with Crippen molar-refractivity contribution in [3.05, 3.63) is 41.7 Å². The van der Waals surface area contributed by atoms with E-state index in [0.717, 1.165) is 0 Å². The summed E-state index contributed by atoms with van der Waals surface area (Å²) in [6.45, 7) is 0.476. The summed E-state index contributed by atoms with van der Waals surface area (Å²) in [5.74, 6) is 0.946. The SMILES string of the molecule is COc1ccc(NCc2cc3c(cc2O)OCO3)cc1F. The molecule has 0 spiro atoms. The van der Waals surface area contributed by atoms with Crippen LogP contribution in [0.2, 0.25) is 0 Å². The fourth-order valence-electron chi connectivity index (χ4n) is 2.09. The third-order valence-electron chi connectivity index (χ3n) is 3.21. The van der Waals surface area contributed by atoms with Crippen LogP contribution < -0.4 is 19.5 Å². The van der Waals surface area contributed by atoms with Crippen molar-refractivity contribution in [2.45, 2.75) is 6.54 Å². The summed E-state index contributed by atoms with van der Waals surface area (Å²) in [5.41, 5.74) is 1.22. The van der Waals surface area contributed by atoms with Gasteiger partial charge in [0, 0.05) is 29.9 Å². The number of anilines is 1. The number of hydrogen-bond donors (Lipinski definition) is 2. The Morgan fingerprint density at radius 2 is 2.00 bits per heavy atom. The van der Waals surface area contributed by atoms with Crippen LogP contribution in [-0.4, -0.2) is 19.0 Å². The van der Waals surface area contributed by atoms with Gasteiger partial charge in [-0.15, -0.1) is 0 Å². The number of benzene rings is 2. The lowest BCUT2D eigenvalue weighted by Crippen LogP contribution is -2.00. The molecule has 0 saturated carbocycles. The quantitative estimate of drug-likeness (QED) is 0.907. The standard InChI is InChI=1S/C15H14FNO4/c1-19-13-3-2-10(5-11(13)16)17-7-9-4-14-15(6-12(9)18)21-8-20-14/h2-6,17-18H,7-8H2,1H3. The lowest BCUT2D eigenvalue weighted by atomic mass is 10.1. The molecule has 0 bridgehead atoms. The molecule has 0 aromatic heterocycles. The maximum atomic E-state index is 13.6. The predicted octanol–water partition coefficient (Wildman–Crippen LogP) is 2.88. The maximum absolute atomic E-state index is 13.6. The van der Waals surface area contributed by atoms with Gasteiger partial charge in [0.1, 0.15) is 5.75 Å². The molecule has 2 N–H and O–H groups in total. The first-order valence-electron chi connectivity index (χ1n) is 6.36. The number of ether oxygens (including phenoxy) is 3. The third kappa shape index (κ3) is 2.65. The summed E-state index contributed by atoms with van der Waals surface area (Å²) in [7, 11) is 1.41. The second-order valence-corrected chi connectivity index (χ2v) is 4.54. The van der Waals surface area contributed by atoms with E-state index in [1.807, 2.05) is 0 Å². The van der Waals surface area contributed by atoms with Gasteiger partial charge in [-0.05, 0) is 18.2 Å². The van der Waals surface area contributed by atoms with E-state index in [0.29, 0.717) is 29.3 Å². The first-order chi connectivity index (χ1) is 10.2. The molecule has 1 aliphatic rings. The monoisotopic (exact) mass is 291 g/mol. The molecule has 0 radical (unpaired) electrons. The molecule has 3 rings (SSSR count). The minimum absolute atomic E-state index is 0.0979. The number of fused-ring (bicyclic) bond motifs is 1. The van der Waals surface area contributed by atoms with Gasteiger partial charge in [-0.3, -0.25) is 0 Å². The maximum Gasteiger partial charge on any atom is 0.231 e. The Kier molecular flexibility index (Phi) is 3.43. The second-order valence-electron chi connectivity index (χ2n) is 4.54. The number of rotatable bonds is 4. The highest BCUT2D eigenvalue weighted by Crippen LogP contribution is 2.37. The number of halogens is 1. The van der Waals surface area contributed by atoms with Gasteiger partial charge in [0.15, 0.2) is 23.1 Å². The molecule has 2 aromatic rings. The second kappa shape index (κ2) is 5.40. The number of phenols is 1. The van der Waals surface area contributed by atoms with Gasteiger partial charge in [-0.2, -0.15) is 0 Å². The summed E-state index contributed by atoms with van der Waals surface area (Å²) in [6, 6.07) is 7.78. The fourth-order valence-corrected chi connectivity index (χ4v) is 2.09. The zero-order valence-electron chi connectivity index (χ0n) is 11.4. The summed E-state index contributed by atoms with van der Waals surface area (Å²) < 4.78 is 28.9. The minimum Gasteiger partial charge on any atom is -0.507 e. The first-order valence-corrected chi connectivity index (χ1v) is 6.36. The average Bonchev–Trinajstić information content (AvgIpc) is 2.92. The van der Waals surface area contributed by atoms with Crippen LogP contribution in [0, 0.1) is 5.82 Å². The molecule has 110 valence electrons. The normalized spacial score (nSPS) is 12.3. The van der Waals surface area contributed by atoms with Gasteiger partial charge in [-0.25, -0.2) is 4.39 Å². The summed E-state index contributed by atoms with van der Waals surface area (Å²) in [6.07, 6.45) is 0. The Bertz CT molecular complexity index is 675. The van der Waals surface area contributed by atoms with Crippen molar-refractivity contribution in [3.63, 3.8) is 0 Å². The summed E-state index contributed by atoms with van der Waals surface area (Å²) in [5, 5.41) is 13.0. The van der Waals surface area contributed by atoms with Gasteiger partial charge < -0.3 is 24.6 Å². The van der Waals surface area contributed by atoms with E-state index >= 15 is 0 Å². The largest absolute Gasteiger partial charge is 0.507 e. The Hall–Kier alpha value is -2.63. The number of hydrogen-bond acceptors (Lipinski definition) is 5. The van der Waals surface area contributed by atoms with Crippen molar-refractivity contribution >= 4 is 5.69 Å². The van der Waals surface area contributed by atoms with Crippen LogP contribution in [-0.2, 0) is 6.54 Å². The van der Waals surface area contributed by atoms with Crippen molar-refractivity contribution in [3.8, 4) is 23.0 Å². The van der Waals surface area contributed by atoms with Gasteiger partial charge in [-0.1, -0.05) is 0 Å². The van der Waals surface area contributed by atoms with Crippen LogP contribution in [0.15, 0.2) is 30.3 Å². The molecular formula is C15H14FNO4. The van der Waals surface area contributed by atoms with E-state index in [1.54, 1.807) is 12.1 Å². The lowest BCUT2D eigenvalue weighted by Gasteiger charge is -2.10. The summed E-state index contributed by atoms with van der Waals surface area (Å²) in [4.78, 5) is 0. The van der Waals surface area contributed by atoms with Crippen molar-refractivity contribution < 1.29 is 23.7 Å². The molecule has 0 aliphatic carbocycles. The number of aromatic hydroxyl groups is 1. The molecule has 5 nitrogen and oxygen atoms in total. The highest BCUT2D eigenvalue weighted by atomic mass is 19.1. The van der Waals surface area contributed by atoms with Crippen LogP contribution in [0.1, 0.15) is 5.56 Å². The van der Waals surface area contributed by atoms with Gasteiger partial charge in [0.25, 0.3) is 0 Å². The van der Waals surface area contributed by atoms with E-state index in [4.69, 9.17) is 14.2 Å². The average molecular weight is 291 g/mol. The van der Waals surface area contributed by atoms with Crippen LogP contribution >= 0.6 is 0 Å². The molecule has 0 amide bonds. The van der Waals surface area contributed by atoms with Crippen LogP contribution in [0.4, 0.5) is 10.1 Å². The van der Waals surface area contributed by atoms with Crippen LogP contribution in [0.5, 0.6) is 23.0 Å². The van der Waals surface area contributed by atoms with E-state index in [9.17, 15) is 9.50 Å². The smallest absolute Gasteiger partial charge is 0.231 e. The zero-order valence-corrected chi connectivity index (χ0v) is 11.4. The Labute approximate surface area is 120 Å². The third-order valence-corrected chi connectivity index (χ3v) is 3.21. The van der Waals surface area contributed by atoms with E-state index in [1.165, 1.54) is 25.3 Å². The molecule has 6 heteroatoms. The van der Waals surface area contributed by atoms with E-state index in [2.05, 4.69) is 5.32 Å². The molecule has 0 saturated heterocycles. The first kappa shape index (κ1) is 13.4. The van der Waals surface area contributed by atoms with Crippen LogP contribution in [0.3, 0.4) is 0 Å². The topological polar surface area (TPSA) is 60.0 Å². The van der Waals surface area contributed by atoms with Gasteiger partial charge in [0.2, 0.25) is 6.79 Å². The van der Waals surface area contributed by atoms with Gasteiger partial charge >= 0.3 is 0 Å². The Balaban J connectivity index is 1.74. The molecule has 0 unspecified atom stereocenters. The minimum atomic E-state index is -0.447. The van der Waals surface area contributed by atoms with Crippen LogP contribution in [0.25, 0.3) is 0 Å². The number of nitrogens with one attached hydrogen (secondary N) is 1. The fraction of sp³-hybridized carbons (Fsp3) is 0.200. The Morgan fingerprint density at radius 3 is 2.71 bits per heavy atom.